The van der Waals surface area contributed by atoms with Crippen LogP contribution in [0.15, 0.2) is 82.6 Å². The first-order valence-electron chi connectivity index (χ1n) is 12.4. The molecule has 3 atom stereocenters. The lowest BCUT2D eigenvalue weighted by molar-refractivity contribution is -0.122. The molecule has 1 N–H and O–H groups in total. The number of thiazole rings is 1. The number of aryl methyl sites for hydroxylation is 1. The highest BCUT2D eigenvalue weighted by atomic mass is 35.5. The second-order valence-corrected chi connectivity index (χ2v) is 12.1. The van der Waals surface area contributed by atoms with Crippen molar-refractivity contribution in [2.75, 3.05) is 10.2 Å². The fourth-order valence-electron chi connectivity index (χ4n) is 5.18. The Morgan fingerprint density at radius 2 is 1.68 bits per heavy atom. The van der Waals surface area contributed by atoms with Crippen LogP contribution in [0.2, 0.25) is 5.02 Å². The summed E-state index contributed by atoms with van der Waals surface area (Å²) in [4.78, 5) is 55.2. The van der Waals surface area contributed by atoms with Crippen molar-refractivity contribution in [2.24, 2.45) is 5.92 Å². The van der Waals surface area contributed by atoms with Gasteiger partial charge in [0.15, 0.2) is 0 Å². The number of rotatable bonds is 5. The van der Waals surface area contributed by atoms with Crippen molar-refractivity contribution in [3.8, 4) is 0 Å². The standard InChI is InChI=1S/C29H21ClFN3O4S2/c1-15-4-2-3-5-20(15)32-21(35)14-33-28-25(40-29(33)38)22(16-6-10-18(31)11-7-16)23-24(39-28)27(37)34(26(23)36)19-12-8-17(30)9-13-19/h2-13,22-24H,14H2,1H3,(H,32,35)/t22-,23?,24?/m1/s1. The van der Waals surface area contributed by atoms with Gasteiger partial charge in [0, 0.05) is 21.5 Å². The Bertz CT molecular complexity index is 1720. The normalized spacial score (nSPS) is 19.9. The van der Waals surface area contributed by atoms with Crippen LogP contribution in [0.3, 0.4) is 0 Å². The van der Waals surface area contributed by atoms with Crippen LogP contribution >= 0.6 is 34.7 Å². The number of anilines is 2. The van der Waals surface area contributed by atoms with Crippen LogP contribution < -0.4 is 15.1 Å². The number of aromatic nitrogens is 1. The number of benzene rings is 3. The highest BCUT2D eigenvalue weighted by molar-refractivity contribution is 8.00. The number of amides is 3. The first-order valence-corrected chi connectivity index (χ1v) is 14.4. The number of carbonyl (C=O) groups is 3. The number of para-hydroxylation sites is 1. The zero-order valence-corrected chi connectivity index (χ0v) is 23.4. The van der Waals surface area contributed by atoms with Crippen LogP contribution in [0.4, 0.5) is 15.8 Å². The minimum absolute atomic E-state index is 0.261. The maximum Gasteiger partial charge on any atom is 0.308 e. The van der Waals surface area contributed by atoms with E-state index in [2.05, 4.69) is 5.32 Å². The third-order valence-electron chi connectivity index (χ3n) is 7.08. The molecule has 0 spiro atoms. The molecule has 1 saturated heterocycles. The number of nitrogens with one attached hydrogen (secondary N) is 1. The van der Waals surface area contributed by atoms with Crippen molar-refractivity contribution in [2.45, 2.75) is 29.7 Å². The molecule has 7 nitrogen and oxygen atoms in total. The van der Waals surface area contributed by atoms with Gasteiger partial charge in [0.25, 0.3) is 0 Å². The summed E-state index contributed by atoms with van der Waals surface area (Å²) >= 11 is 8.08. The lowest BCUT2D eigenvalue weighted by Crippen LogP contribution is -2.33. The van der Waals surface area contributed by atoms with Gasteiger partial charge in [-0.3, -0.25) is 23.7 Å². The first-order chi connectivity index (χ1) is 19.2. The second kappa shape index (κ2) is 10.3. The van der Waals surface area contributed by atoms with E-state index in [4.69, 9.17) is 11.6 Å². The second-order valence-electron chi connectivity index (χ2n) is 9.57. The molecule has 0 saturated carbocycles. The van der Waals surface area contributed by atoms with Gasteiger partial charge in [-0.05, 0) is 60.5 Å². The average Bonchev–Trinajstić information content (AvgIpc) is 3.37. The Kier molecular flexibility index (Phi) is 6.85. The summed E-state index contributed by atoms with van der Waals surface area (Å²) in [5, 5.41) is 2.93. The van der Waals surface area contributed by atoms with Crippen molar-refractivity contribution in [3.05, 3.63) is 109 Å². The van der Waals surface area contributed by atoms with E-state index in [1.165, 1.54) is 16.7 Å². The number of hydrogen-bond acceptors (Lipinski definition) is 6. The topological polar surface area (TPSA) is 88.5 Å². The van der Waals surface area contributed by atoms with Crippen LogP contribution in [-0.4, -0.2) is 27.5 Å². The van der Waals surface area contributed by atoms with Crippen LogP contribution in [0.25, 0.3) is 0 Å². The average molecular weight is 594 g/mol. The van der Waals surface area contributed by atoms with Crippen LogP contribution in [-0.2, 0) is 20.9 Å². The van der Waals surface area contributed by atoms with Crippen molar-refractivity contribution < 1.29 is 18.8 Å². The predicted octanol–water partition coefficient (Wildman–Crippen LogP) is 5.45. The summed E-state index contributed by atoms with van der Waals surface area (Å²) in [6.07, 6.45) is 0. The van der Waals surface area contributed by atoms with Gasteiger partial charge in [-0.2, -0.15) is 0 Å². The molecular weight excluding hydrogens is 573 g/mol. The zero-order chi connectivity index (χ0) is 28.1. The largest absolute Gasteiger partial charge is 0.324 e. The predicted molar refractivity (Wildman–Crippen MR) is 154 cm³/mol. The molecule has 40 heavy (non-hydrogen) atoms. The number of fused-ring (bicyclic) bond motifs is 2. The molecular formula is C29H21ClFN3O4S2. The van der Waals surface area contributed by atoms with Gasteiger partial charge in [0.2, 0.25) is 17.7 Å². The highest BCUT2D eigenvalue weighted by Crippen LogP contribution is 2.53. The Labute approximate surface area is 241 Å². The summed E-state index contributed by atoms with van der Waals surface area (Å²) in [6, 6.07) is 19.4. The highest BCUT2D eigenvalue weighted by Gasteiger charge is 2.56. The fourth-order valence-corrected chi connectivity index (χ4v) is 8.07. The molecule has 0 bridgehead atoms. The lowest BCUT2D eigenvalue weighted by atomic mass is 9.83. The molecule has 11 heteroatoms. The molecule has 2 aliphatic rings. The minimum Gasteiger partial charge on any atom is -0.324 e. The number of hydrogen-bond donors (Lipinski definition) is 1. The van der Waals surface area contributed by atoms with E-state index in [1.807, 2.05) is 19.1 Å². The van der Waals surface area contributed by atoms with E-state index in [1.54, 1.807) is 48.5 Å². The van der Waals surface area contributed by atoms with Crippen molar-refractivity contribution in [3.63, 3.8) is 0 Å². The Morgan fingerprint density at radius 1 is 0.975 bits per heavy atom. The SMILES string of the molecule is Cc1ccccc1NC(=O)Cn1c2c(sc1=O)[C@H](c1ccc(F)cc1)C1C(=O)N(c3ccc(Cl)cc3)C(=O)C1S2. The summed E-state index contributed by atoms with van der Waals surface area (Å²) in [6.45, 7) is 1.61. The van der Waals surface area contributed by atoms with Gasteiger partial charge < -0.3 is 5.32 Å². The molecule has 2 aliphatic heterocycles. The molecule has 4 aromatic rings. The Hall–Kier alpha value is -3.73. The quantitative estimate of drug-likeness (QED) is 0.311. The Morgan fingerprint density at radius 3 is 2.38 bits per heavy atom. The van der Waals surface area contributed by atoms with Crippen molar-refractivity contribution in [1.82, 2.24) is 4.57 Å². The maximum absolute atomic E-state index is 13.9. The van der Waals surface area contributed by atoms with Crippen LogP contribution in [0.5, 0.6) is 0 Å². The summed E-state index contributed by atoms with van der Waals surface area (Å²) in [5.41, 5.74) is 2.51. The van der Waals surface area contributed by atoms with E-state index in [-0.39, 0.29) is 11.4 Å². The number of thioether (sulfide) groups is 1. The fraction of sp³-hybridized carbons (Fsp3) is 0.172. The molecule has 1 fully saturated rings. The lowest BCUT2D eigenvalue weighted by Gasteiger charge is -2.30. The van der Waals surface area contributed by atoms with Crippen molar-refractivity contribution >= 4 is 63.8 Å². The van der Waals surface area contributed by atoms with Gasteiger partial charge in [0.1, 0.15) is 17.6 Å². The van der Waals surface area contributed by atoms with Crippen LogP contribution in [0.1, 0.15) is 21.9 Å². The number of imide groups is 1. The molecule has 0 aliphatic carbocycles. The van der Waals surface area contributed by atoms with E-state index in [9.17, 15) is 23.6 Å². The minimum atomic E-state index is -0.842. The van der Waals surface area contributed by atoms with Crippen LogP contribution in [0, 0.1) is 18.7 Å². The molecule has 1 aromatic heterocycles. The van der Waals surface area contributed by atoms with E-state index >= 15 is 0 Å². The molecule has 3 aromatic carbocycles. The van der Waals surface area contributed by atoms with Gasteiger partial charge in [-0.15, -0.1) is 0 Å². The molecule has 3 heterocycles. The maximum atomic E-state index is 13.9. The van der Waals surface area contributed by atoms with E-state index < -0.39 is 40.6 Å². The van der Waals surface area contributed by atoms with Gasteiger partial charge in [-0.25, -0.2) is 9.29 Å². The number of nitrogens with zero attached hydrogens (tertiary/aromatic N) is 2. The summed E-state index contributed by atoms with van der Waals surface area (Å²) < 4.78 is 15.2. The number of carbonyl (C=O) groups excluding carboxylic acids is 3. The van der Waals surface area contributed by atoms with E-state index in [0.29, 0.717) is 31.9 Å². The Balaban J connectivity index is 1.41. The molecule has 6 rings (SSSR count). The summed E-state index contributed by atoms with van der Waals surface area (Å²) in [5.74, 6) is -3.16. The molecule has 2 unspecified atom stereocenters. The van der Waals surface area contributed by atoms with E-state index in [0.717, 1.165) is 33.6 Å². The van der Waals surface area contributed by atoms with Gasteiger partial charge >= 0.3 is 4.87 Å². The zero-order valence-electron chi connectivity index (χ0n) is 21.0. The first kappa shape index (κ1) is 26.5. The summed E-state index contributed by atoms with van der Waals surface area (Å²) in [7, 11) is 0. The molecule has 0 radical (unpaired) electrons. The van der Waals surface area contributed by atoms with Crippen molar-refractivity contribution in [1.29, 1.82) is 0 Å². The van der Waals surface area contributed by atoms with Gasteiger partial charge in [-0.1, -0.05) is 65.0 Å². The number of halogens is 2. The third kappa shape index (κ3) is 4.55. The monoisotopic (exact) mass is 593 g/mol. The van der Waals surface area contributed by atoms with Gasteiger partial charge in [0.05, 0.1) is 16.6 Å². The molecule has 3 amide bonds. The molecule has 202 valence electrons. The third-order valence-corrected chi connectivity index (χ3v) is 9.94. The smallest absolute Gasteiger partial charge is 0.308 e.